The Morgan fingerprint density at radius 2 is 2.06 bits per heavy atom. The van der Waals surface area contributed by atoms with Gasteiger partial charge in [0.25, 0.3) is 5.69 Å². The summed E-state index contributed by atoms with van der Waals surface area (Å²) in [5.41, 5.74) is 1.35. The van der Waals surface area contributed by atoms with Crippen molar-refractivity contribution < 1.29 is 14.5 Å². The molecule has 1 N–H and O–H groups in total. The predicted octanol–water partition coefficient (Wildman–Crippen LogP) is 3.58. The van der Waals surface area contributed by atoms with Crippen molar-refractivity contribution in [2.75, 3.05) is 11.1 Å². The Labute approximate surface area is 186 Å². The van der Waals surface area contributed by atoms with Crippen molar-refractivity contribution in [2.45, 2.75) is 25.6 Å². The third kappa shape index (κ3) is 5.19. The van der Waals surface area contributed by atoms with E-state index in [1.807, 2.05) is 13.8 Å². The van der Waals surface area contributed by atoms with Gasteiger partial charge in [-0.2, -0.15) is 5.26 Å². The van der Waals surface area contributed by atoms with Crippen LogP contribution in [0, 0.1) is 35.3 Å². The highest BCUT2D eigenvalue weighted by molar-refractivity contribution is 7.99. The van der Waals surface area contributed by atoms with Crippen molar-refractivity contribution in [3.05, 3.63) is 56.2 Å². The topological polar surface area (TPSA) is 136 Å². The molecule has 0 aliphatic rings. The normalized spacial score (nSPS) is 10.5. The lowest BCUT2D eigenvalue weighted by molar-refractivity contribution is -0.384. The summed E-state index contributed by atoms with van der Waals surface area (Å²) in [4.78, 5) is 23.5. The van der Waals surface area contributed by atoms with Crippen molar-refractivity contribution >= 4 is 39.7 Å². The highest BCUT2D eigenvalue weighted by atomic mass is 32.2. The molecule has 0 bridgehead atoms. The second-order valence-corrected chi connectivity index (χ2v) is 8.60. The van der Waals surface area contributed by atoms with Gasteiger partial charge in [0.2, 0.25) is 5.91 Å². The van der Waals surface area contributed by atoms with Crippen molar-refractivity contribution in [3.8, 4) is 11.8 Å². The minimum atomic E-state index is -0.478. The van der Waals surface area contributed by atoms with Crippen molar-refractivity contribution in [1.82, 2.24) is 14.8 Å². The maximum Gasteiger partial charge on any atom is 0.269 e. The van der Waals surface area contributed by atoms with Crippen LogP contribution >= 0.6 is 23.1 Å². The van der Waals surface area contributed by atoms with Crippen LogP contribution in [-0.4, -0.2) is 31.3 Å². The number of nitro benzene ring substituents is 1. The number of amides is 1. The molecule has 31 heavy (non-hydrogen) atoms. The highest BCUT2D eigenvalue weighted by Crippen LogP contribution is 2.31. The van der Waals surface area contributed by atoms with Crippen LogP contribution in [0.4, 0.5) is 10.7 Å². The Morgan fingerprint density at radius 3 is 2.71 bits per heavy atom. The molecule has 0 atom stereocenters. The van der Waals surface area contributed by atoms with E-state index in [4.69, 9.17) is 4.74 Å². The zero-order chi connectivity index (χ0) is 22.5. The zero-order valence-corrected chi connectivity index (χ0v) is 18.5. The summed E-state index contributed by atoms with van der Waals surface area (Å²) in [6, 6.07) is 7.87. The number of nitro groups is 1. The van der Waals surface area contributed by atoms with Gasteiger partial charge in [0, 0.05) is 24.1 Å². The number of ether oxygens (including phenoxy) is 1. The summed E-state index contributed by atoms with van der Waals surface area (Å²) < 4.78 is 7.31. The monoisotopic (exact) mass is 458 g/mol. The number of benzene rings is 1. The number of nitriles is 1. The van der Waals surface area contributed by atoms with Crippen LogP contribution in [0.25, 0.3) is 0 Å². The van der Waals surface area contributed by atoms with Gasteiger partial charge in [-0.3, -0.25) is 14.9 Å². The minimum Gasteiger partial charge on any atom is -0.486 e. The van der Waals surface area contributed by atoms with Crippen molar-refractivity contribution in [3.63, 3.8) is 0 Å². The molecule has 0 spiro atoms. The van der Waals surface area contributed by atoms with Crippen LogP contribution in [0.3, 0.4) is 0 Å². The summed E-state index contributed by atoms with van der Waals surface area (Å²) in [5, 5.41) is 32.0. The number of thioether (sulfide) groups is 1. The molecule has 0 aliphatic heterocycles. The summed E-state index contributed by atoms with van der Waals surface area (Å²) in [6.45, 7) is 3.88. The van der Waals surface area contributed by atoms with Crippen LogP contribution < -0.4 is 10.1 Å². The molecular formula is C19H18N6O4S2. The molecule has 0 fully saturated rings. The van der Waals surface area contributed by atoms with E-state index in [0.717, 1.165) is 10.4 Å². The van der Waals surface area contributed by atoms with Gasteiger partial charge in [0.15, 0.2) is 11.0 Å². The van der Waals surface area contributed by atoms with Gasteiger partial charge in [-0.05, 0) is 31.5 Å². The number of anilines is 1. The standard InChI is InChI=1S/C19H18N6O4S2/c1-11-12(2)31-18(15(11)8-20)21-17(26)10-30-19-23-22-16(24(19)3)9-29-14-6-4-13(5-7-14)25(27)28/h4-7H,9-10H2,1-3H3,(H,21,26). The van der Waals surface area contributed by atoms with Crippen LogP contribution in [0.15, 0.2) is 29.4 Å². The van der Waals surface area contributed by atoms with E-state index in [2.05, 4.69) is 21.6 Å². The predicted molar refractivity (Wildman–Crippen MR) is 116 cm³/mol. The van der Waals surface area contributed by atoms with Gasteiger partial charge in [-0.25, -0.2) is 0 Å². The number of carbonyl (C=O) groups is 1. The molecule has 12 heteroatoms. The zero-order valence-electron chi connectivity index (χ0n) is 16.9. The molecule has 0 saturated heterocycles. The summed E-state index contributed by atoms with van der Waals surface area (Å²) in [7, 11) is 1.76. The molecule has 2 aromatic heterocycles. The van der Waals surface area contributed by atoms with E-state index < -0.39 is 4.92 Å². The van der Waals surface area contributed by atoms with Crippen molar-refractivity contribution in [2.24, 2.45) is 7.05 Å². The summed E-state index contributed by atoms with van der Waals surface area (Å²) in [6.07, 6.45) is 0. The second-order valence-electron chi connectivity index (χ2n) is 6.43. The molecule has 2 heterocycles. The number of hydrogen-bond donors (Lipinski definition) is 1. The van der Waals surface area contributed by atoms with E-state index in [1.165, 1.54) is 47.4 Å². The molecular weight excluding hydrogens is 440 g/mol. The first-order valence-electron chi connectivity index (χ1n) is 8.98. The second kappa shape index (κ2) is 9.59. The van der Waals surface area contributed by atoms with Gasteiger partial charge in [-0.1, -0.05) is 11.8 Å². The van der Waals surface area contributed by atoms with Crippen LogP contribution in [0.2, 0.25) is 0 Å². The van der Waals surface area contributed by atoms with E-state index in [-0.39, 0.29) is 24.0 Å². The van der Waals surface area contributed by atoms with E-state index in [9.17, 15) is 20.2 Å². The molecule has 0 saturated carbocycles. The minimum absolute atomic E-state index is 0.0160. The SMILES string of the molecule is Cc1sc(NC(=O)CSc2nnc(COc3ccc([N+](=O)[O-])cc3)n2C)c(C#N)c1C. The first kappa shape index (κ1) is 22.3. The number of carbonyl (C=O) groups excluding carboxylic acids is 1. The lowest BCUT2D eigenvalue weighted by Gasteiger charge is -2.06. The Morgan fingerprint density at radius 1 is 1.35 bits per heavy atom. The number of thiophene rings is 1. The molecule has 1 aromatic carbocycles. The Hall–Kier alpha value is -3.43. The molecule has 1 amide bonds. The van der Waals surface area contributed by atoms with Crippen LogP contribution in [0.1, 0.15) is 21.8 Å². The fourth-order valence-electron chi connectivity index (χ4n) is 2.55. The maximum absolute atomic E-state index is 12.3. The quantitative estimate of drug-likeness (QED) is 0.307. The fourth-order valence-corrected chi connectivity index (χ4v) is 4.31. The Kier molecular flexibility index (Phi) is 6.88. The fraction of sp³-hybridized carbons (Fsp3) is 0.263. The van der Waals surface area contributed by atoms with Crippen molar-refractivity contribution in [1.29, 1.82) is 5.26 Å². The lowest BCUT2D eigenvalue weighted by Crippen LogP contribution is -2.14. The summed E-state index contributed by atoms with van der Waals surface area (Å²) >= 11 is 2.59. The average Bonchev–Trinajstić information content (AvgIpc) is 3.23. The molecule has 0 aliphatic carbocycles. The van der Waals surface area contributed by atoms with Gasteiger partial charge >= 0.3 is 0 Å². The van der Waals surface area contributed by atoms with E-state index in [0.29, 0.717) is 27.3 Å². The molecule has 160 valence electrons. The highest BCUT2D eigenvalue weighted by Gasteiger charge is 2.16. The lowest BCUT2D eigenvalue weighted by atomic mass is 10.2. The van der Waals surface area contributed by atoms with Gasteiger partial charge < -0.3 is 14.6 Å². The number of aromatic nitrogens is 3. The Bertz CT molecular complexity index is 1160. The first-order chi connectivity index (χ1) is 14.8. The van der Waals surface area contributed by atoms with Gasteiger partial charge in [0.05, 0.1) is 16.2 Å². The number of non-ortho nitro benzene ring substituents is 1. The molecule has 0 radical (unpaired) electrons. The number of nitrogens with zero attached hydrogens (tertiary/aromatic N) is 5. The smallest absolute Gasteiger partial charge is 0.269 e. The largest absolute Gasteiger partial charge is 0.486 e. The van der Waals surface area contributed by atoms with Crippen LogP contribution in [0.5, 0.6) is 5.75 Å². The number of rotatable bonds is 8. The summed E-state index contributed by atoms with van der Waals surface area (Å²) in [5.74, 6) is 0.875. The average molecular weight is 459 g/mol. The van der Waals surface area contributed by atoms with Crippen LogP contribution in [-0.2, 0) is 18.4 Å². The maximum atomic E-state index is 12.3. The number of nitrogens with one attached hydrogen (secondary N) is 1. The van der Waals surface area contributed by atoms with E-state index >= 15 is 0 Å². The molecule has 10 nitrogen and oxygen atoms in total. The number of hydrogen-bond acceptors (Lipinski definition) is 9. The third-order valence-electron chi connectivity index (χ3n) is 4.42. The third-order valence-corrected chi connectivity index (χ3v) is 6.57. The first-order valence-corrected chi connectivity index (χ1v) is 10.8. The van der Waals surface area contributed by atoms with Gasteiger partial charge in [0.1, 0.15) is 23.4 Å². The molecule has 3 rings (SSSR count). The van der Waals surface area contributed by atoms with Gasteiger partial charge in [-0.15, -0.1) is 21.5 Å². The van der Waals surface area contributed by atoms with E-state index in [1.54, 1.807) is 11.6 Å². The number of aryl methyl sites for hydroxylation is 1. The molecule has 0 unspecified atom stereocenters. The Balaban J connectivity index is 1.55. The molecule has 3 aromatic rings.